The van der Waals surface area contributed by atoms with Gasteiger partial charge in [0.25, 0.3) is 5.91 Å². The molecule has 5 rings (SSSR count). The fraction of sp³-hybridized carbons (Fsp3) is 0.625. The Morgan fingerprint density at radius 1 is 1.16 bits per heavy atom. The molecule has 1 aliphatic carbocycles. The SMILES string of the molecule is Cc1nc2ccc(O)cc2c2c1OC(C)(CC1C(=O)NC3(C(=O)NS(=O)(=O)C(C)CN)CCC3C=CCCCCCC(NC(=O)OCC(C)C)C(=O)N1C)CC2. The van der Waals surface area contributed by atoms with Gasteiger partial charge in [0, 0.05) is 36.9 Å². The van der Waals surface area contributed by atoms with Crippen LogP contribution in [-0.4, -0.2) is 95.9 Å². The van der Waals surface area contributed by atoms with Crippen molar-refractivity contribution in [3.05, 3.63) is 41.6 Å². The lowest BCUT2D eigenvalue weighted by Gasteiger charge is -2.48. The number of benzene rings is 1. The summed E-state index contributed by atoms with van der Waals surface area (Å²) in [4.78, 5) is 62.3. The van der Waals surface area contributed by atoms with Gasteiger partial charge in [0.05, 0.1) is 23.1 Å². The minimum atomic E-state index is -4.17. The van der Waals surface area contributed by atoms with E-state index in [0.29, 0.717) is 55.5 Å². The normalized spacial score (nSPS) is 26.7. The molecule has 2 aromatic rings. The minimum absolute atomic E-state index is 0.0245. The molecule has 0 bridgehead atoms. The Morgan fingerprint density at radius 3 is 2.59 bits per heavy atom. The van der Waals surface area contributed by atoms with Gasteiger partial charge < -0.3 is 35.8 Å². The van der Waals surface area contributed by atoms with E-state index in [1.54, 1.807) is 18.2 Å². The number of nitrogens with one attached hydrogen (secondary N) is 3. The summed E-state index contributed by atoms with van der Waals surface area (Å²) in [6.07, 6.45) is 7.76. The van der Waals surface area contributed by atoms with Gasteiger partial charge >= 0.3 is 6.09 Å². The first-order valence-electron chi connectivity index (χ1n) is 19.7. The first-order chi connectivity index (χ1) is 26.4. The van der Waals surface area contributed by atoms with Gasteiger partial charge in [-0.2, -0.15) is 0 Å². The summed E-state index contributed by atoms with van der Waals surface area (Å²) in [5.41, 5.74) is 5.19. The van der Waals surface area contributed by atoms with Crippen LogP contribution in [-0.2, 0) is 35.6 Å². The third-order valence-electron chi connectivity index (χ3n) is 11.4. The maximum Gasteiger partial charge on any atom is 0.407 e. The van der Waals surface area contributed by atoms with E-state index in [4.69, 9.17) is 20.2 Å². The van der Waals surface area contributed by atoms with Crippen molar-refractivity contribution in [1.29, 1.82) is 0 Å². The highest BCUT2D eigenvalue weighted by atomic mass is 32.2. The van der Waals surface area contributed by atoms with Crippen LogP contribution in [0.2, 0.25) is 0 Å². The number of carbonyl (C=O) groups is 4. The van der Waals surface area contributed by atoms with Gasteiger partial charge in [0.15, 0.2) is 0 Å². The number of fused-ring (bicyclic) bond motifs is 4. The Labute approximate surface area is 329 Å². The van der Waals surface area contributed by atoms with Gasteiger partial charge in [-0.1, -0.05) is 38.8 Å². The monoisotopic (exact) mass is 798 g/mol. The number of allylic oxidation sites excluding steroid dienone is 1. The number of aromatic hydroxyl groups is 1. The van der Waals surface area contributed by atoms with Gasteiger partial charge in [-0.25, -0.2) is 18.2 Å². The molecule has 308 valence electrons. The Hall–Kier alpha value is -4.44. The van der Waals surface area contributed by atoms with Crippen LogP contribution in [0.15, 0.2) is 30.4 Å². The zero-order valence-corrected chi connectivity index (χ0v) is 34.2. The Morgan fingerprint density at radius 2 is 1.91 bits per heavy atom. The number of likely N-dealkylation sites (N-methyl/N-ethyl adjacent to an activating group) is 1. The molecular weight excluding hydrogens is 741 g/mol. The fourth-order valence-corrected chi connectivity index (χ4v) is 8.59. The predicted molar refractivity (Wildman–Crippen MR) is 211 cm³/mol. The Bertz CT molecular complexity index is 1950. The maximum absolute atomic E-state index is 14.8. The van der Waals surface area contributed by atoms with Crippen LogP contribution in [0.3, 0.4) is 0 Å². The summed E-state index contributed by atoms with van der Waals surface area (Å²) in [6.45, 7) is 8.81. The molecule has 1 aromatic heterocycles. The number of rotatable bonds is 9. The van der Waals surface area contributed by atoms with Crippen molar-refractivity contribution in [2.24, 2.45) is 17.6 Å². The van der Waals surface area contributed by atoms with E-state index in [1.165, 1.54) is 18.9 Å². The van der Waals surface area contributed by atoms with E-state index in [1.807, 2.05) is 39.8 Å². The van der Waals surface area contributed by atoms with E-state index < -0.39 is 68.2 Å². The summed E-state index contributed by atoms with van der Waals surface area (Å²) < 4.78 is 40.5. The van der Waals surface area contributed by atoms with Gasteiger partial charge in [0.2, 0.25) is 21.8 Å². The first kappa shape index (κ1) is 42.7. The number of alkyl carbamates (subject to hydrolysis) is 1. The van der Waals surface area contributed by atoms with Crippen molar-refractivity contribution in [3.63, 3.8) is 0 Å². The maximum atomic E-state index is 14.8. The summed E-state index contributed by atoms with van der Waals surface area (Å²) in [5.74, 6) is -1.90. The molecule has 0 radical (unpaired) electrons. The van der Waals surface area contributed by atoms with Gasteiger partial charge in [-0.05, 0) is 89.8 Å². The number of nitrogens with zero attached hydrogens (tertiary/aromatic N) is 2. The van der Waals surface area contributed by atoms with Crippen LogP contribution in [0.25, 0.3) is 10.9 Å². The number of carbonyl (C=O) groups excluding carboxylic acids is 4. The zero-order chi connectivity index (χ0) is 41.0. The molecule has 16 heteroatoms. The molecule has 0 spiro atoms. The largest absolute Gasteiger partial charge is 0.508 e. The number of hydrogen-bond donors (Lipinski definition) is 5. The second kappa shape index (κ2) is 17.4. The van der Waals surface area contributed by atoms with Crippen molar-refractivity contribution < 1.29 is 42.2 Å². The molecule has 4 amide bonds. The molecule has 6 atom stereocenters. The molecule has 6 N–H and O–H groups in total. The summed E-state index contributed by atoms with van der Waals surface area (Å²) in [7, 11) is -2.69. The van der Waals surface area contributed by atoms with Crippen molar-refractivity contribution in [2.45, 2.75) is 127 Å². The van der Waals surface area contributed by atoms with Crippen LogP contribution in [0.4, 0.5) is 4.79 Å². The molecule has 1 aromatic carbocycles. The summed E-state index contributed by atoms with van der Waals surface area (Å²) in [6, 6.07) is 2.72. The number of pyridine rings is 1. The number of phenols is 1. The Kier molecular flexibility index (Phi) is 13.2. The van der Waals surface area contributed by atoms with E-state index >= 15 is 0 Å². The second-order valence-corrected chi connectivity index (χ2v) is 18.4. The van der Waals surface area contributed by atoms with Crippen LogP contribution in [0, 0.1) is 18.8 Å². The lowest BCUT2D eigenvalue weighted by Crippen LogP contribution is -2.71. The van der Waals surface area contributed by atoms with Crippen molar-refractivity contribution in [1.82, 2.24) is 25.2 Å². The smallest absolute Gasteiger partial charge is 0.407 e. The molecule has 15 nitrogen and oxygen atoms in total. The van der Waals surface area contributed by atoms with Gasteiger partial charge in [0.1, 0.15) is 34.7 Å². The highest BCUT2D eigenvalue weighted by molar-refractivity contribution is 7.90. The molecule has 6 unspecified atom stereocenters. The molecule has 56 heavy (non-hydrogen) atoms. The quantitative estimate of drug-likeness (QED) is 0.229. The van der Waals surface area contributed by atoms with E-state index in [2.05, 4.69) is 15.4 Å². The van der Waals surface area contributed by atoms with Crippen LogP contribution in [0.1, 0.15) is 96.7 Å². The van der Waals surface area contributed by atoms with E-state index in [9.17, 15) is 32.7 Å². The number of aryl methyl sites for hydroxylation is 2. The molecule has 1 saturated carbocycles. The summed E-state index contributed by atoms with van der Waals surface area (Å²) >= 11 is 0. The molecule has 3 heterocycles. The molecule has 3 aliphatic rings. The fourth-order valence-electron chi connectivity index (χ4n) is 7.70. The summed E-state index contributed by atoms with van der Waals surface area (Å²) in [5, 5.41) is 15.6. The topological polar surface area (TPSA) is 219 Å². The molecule has 0 saturated heterocycles. The molecule has 2 aliphatic heterocycles. The average molecular weight is 799 g/mol. The molecule has 1 fully saturated rings. The number of nitrogens with two attached hydrogens (primary N) is 1. The van der Waals surface area contributed by atoms with E-state index in [0.717, 1.165) is 23.8 Å². The number of sulfonamides is 1. The Balaban J connectivity index is 1.53. The van der Waals surface area contributed by atoms with Crippen LogP contribution >= 0.6 is 0 Å². The zero-order valence-electron chi connectivity index (χ0n) is 33.4. The number of hydrogen-bond acceptors (Lipinski definition) is 11. The standard InChI is InChI=1S/C40H58N6O9S/c1-24(2)23-54-38(51)43-32-13-11-9-7-8-10-12-27-16-19-40(27,37(50)45-56(52,53)25(3)22-41)44-35(48)33(46(6)36(32)49)21-39(5)18-17-29-30-20-28(47)14-15-31(30)42-26(4)34(29)55-39/h10,12,14-15,20,24-25,27,32-33,47H,7-9,11,13,16-19,21-23,41H2,1-6H3,(H,43,51)(H,44,48)(H,45,50). The minimum Gasteiger partial charge on any atom is -0.508 e. The lowest BCUT2D eigenvalue weighted by atomic mass is 9.65. The lowest BCUT2D eigenvalue weighted by molar-refractivity contribution is -0.147. The van der Waals surface area contributed by atoms with Crippen molar-refractivity contribution >= 4 is 44.7 Å². The third kappa shape index (κ3) is 9.39. The van der Waals surface area contributed by atoms with E-state index in [-0.39, 0.29) is 37.7 Å². The number of phenolic OH excluding ortho intramolecular Hbond substituents is 1. The second-order valence-electron chi connectivity index (χ2n) is 16.3. The molecular formula is C40H58N6O9S. The van der Waals surface area contributed by atoms with Crippen molar-refractivity contribution in [2.75, 3.05) is 20.2 Å². The number of amides is 4. The first-order valence-corrected chi connectivity index (χ1v) is 21.2. The number of ether oxygens (including phenoxy) is 2. The van der Waals surface area contributed by atoms with Crippen LogP contribution in [0.5, 0.6) is 11.5 Å². The average Bonchev–Trinajstić information content (AvgIpc) is 3.14. The van der Waals surface area contributed by atoms with Crippen LogP contribution < -0.4 is 25.8 Å². The third-order valence-corrected chi connectivity index (χ3v) is 13.1. The van der Waals surface area contributed by atoms with Gasteiger partial charge in [-0.15, -0.1) is 0 Å². The number of aromatic nitrogens is 1. The highest BCUT2D eigenvalue weighted by Crippen LogP contribution is 2.43. The highest BCUT2D eigenvalue weighted by Gasteiger charge is 2.55. The predicted octanol–water partition coefficient (Wildman–Crippen LogP) is 3.88. The van der Waals surface area contributed by atoms with Crippen molar-refractivity contribution in [3.8, 4) is 11.5 Å². The van der Waals surface area contributed by atoms with Gasteiger partial charge in [-0.3, -0.25) is 19.1 Å².